The summed E-state index contributed by atoms with van der Waals surface area (Å²) in [6.45, 7) is 0. The summed E-state index contributed by atoms with van der Waals surface area (Å²) < 4.78 is 6.13. The molecule has 0 atom stereocenters. The third kappa shape index (κ3) is 4.16. The molecule has 0 aliphatic rings. The lowest BCUT2D eigenvalue weighted by atomic mass is 9.97. The van der Waals surface area contributed by atoms with Gasteiger partial charge >= 0.3 is 0 Å². The Labute approximate surface area is 237 Å². The van der Waals surface area contributed by atoms with Crippen molar-refractivity contribution < 1.29 is 4.42 Å². The van der Waals surface area contributed by atoms with Gasteiger partial charge in [-0.25, -0.2) is 9.97 Å². The van der Waals surface area contributed by atoms with Crippen molar-refractivity contribution in [2.75, 3.05) is 0 Å². The van der Waals surface area contributed by atoms with E-state index in [9.17, 15) is 0 Å². The Bertz CT molecular complexity index is 2200. The van der Waals surface area contributed by atoms with Gasteiger partial charge in [-0.05, 0) is 46.2 Å². The Morgan fingerprint density at radius 3 is 1.93 bits per heavy atom. The molecule has 2 aromatic heterocycles. The maximum absolute atomic E-state index is 6.13. The minimum absolute atomic E-state index is 0.713. The highest BCUT2D eigenvalue weighted by Crippen LogP contribution is 2.37. The molecule has 0 amide bonds. The maximum Gasteiger partial charge on any atom is 0.160 e. The summed E-state index contributed by atoms with van der Waals surface area (Å²) in [4.78, 5) is 10.0. The van der Waals surface area contributed by atoms with Gasteiger partial charge in [0, 0.05) is 27.5 Å². The molecule has 8 rings (SSSR count). The summed E-state index contributed by atoms with van der Waals surface area (Å²) in [5.74, 6) is 0.713. The topological polar surface area (TPSA) is 38.9 Å². The van der Waals surface area contributed by atoms with Gasteiger partial charge in [-0.3, -0.25) is 0 Å². The van der Waals surface area contributed by atoms with Crippen LogP contribution in [0.3, 0.4) is 0 Å². The van der Waals surface area contributed by atoms with Crippen LogP contribution in [0, 0.1) is 0 Å². The molecule has 3 nitrogen and oxygen atoms in total. The second-order valence-electron chi connectivity index (χ2n) is 10.2. The molecule has 192 valence electrons. The van der Waals surface area contributed by atoms with E-state index in [0.29, 0.717) is 5.82 Å². The Balaban J connectivity index is 1.25. The summed E-state index contributed by atoms with van der Waals surface area (Å²) in [5, 5.41) is 4.68. The normalized spacial score (nSPS) is 11.4. The molecule has 0 bridgehead atoms. The molecular weight excluding hydrogens is 500 g/mol. The minimum Gasteiger partial charge on any atom is -0.456 e. The number of hydrogen-bond donors (Lipinski definition) is 0. The van der Waals surface area contributed by atoms with E-state index >= 15 is 0 Å². The molecular formula is C38H24N2O. The minimum atomic E-state index is 0.713. The van der Waals surface area contributed by atoms with E-state index < -0.39 is 0 Å². The number of furan rings is 1. The van der Waals surface area contributed by atoms with Crippen molar-refractivity contribution in [2.24, 2.45) is 0 Å². The van der Waals surface area contributed by atoms with Gasteiger partial charge in [0.1, 0.15) is 11.2 Å². The van der Waals surface area contributed by atoms with Crippen molar-refractivity contribution in [2.45, 2.75) is 0 Å². The first kappa shape index (κ1) is 23.4. The standard InChI is InChI=1S/C38H24N2O/c1-2-10-28(11-3-1)38-39-33(24-34(40-38)30-22-17-25-9-4-5-12-29(25)23-30)27-20-18-26(19-21-27)31-14-8-16-36-37(31)32-13-6-7-15-35(32)41-36/h1-24H. The molecule has 41 heavy (non-hydrogen) atoms. The smallest absolute Gasteiger partial charge is 0.160 e. The van der Waals surface area contributed by atoms with Gasteiger partial charge in [-0.2, -0.15) is 0 Å². The van der Waals surface area contributed by atoms with Gasteiger partial charge in [-0.1, -0.05) is 121 Å². The van der Waals surface area contributed by atoms with Crippen LogP contribution in [-0.4, -0.2) is 9.97 Å². The predicted molar refractivity (Wildman–Crippen MR) is 169 cm³/mol. The number of benzene rings is 6. The van der Waals surface area contributed by atoms with E-state index in [-0.39, 0.29) is 0 Å². The number of fused-ring (bicyclic) bond motifs is 4. The monoisotopic (exact) mass is 524 g/mol. The highest BCUT2D eigenvalue weighted by molar-refractivity contribution is 6.12. The molecule has 0 N–H and O–H groups in total. The summed E-state index contributed by atoms with van der Waals surface area (Å²) in [7, 11) is 0. The Morgan fingerprint density at radius 2 is 1.07 bits per heavy atom. The quantitative estimate of drug-likeness (QED) is 0.230. The van der Waals surface area contributed by atoms with Gasteiger partial charge in [0.25, 0.3) is 0 Å². The second-order valence-corrected chi connectivity index (χ2v) is 10.2. The zero-order chi connectivity index (χ0) is 27.2. The first-order valence-electron chi connectivity index (χ1n) is 13.7. The fourth-order valence-corrected chi connectivity index (χ4v) is 5.64. The summed E-state index contributed by atoms with van der Waals surface area (Å²) in [6.07, 6.45) is 0. The Hall–Kier alpha value is -5.54. The fourth-order valence-electron chi connectivity index (χ4n) is 5.64. The van der Waals surface area contributed by atoms with Crippen molar-refractivity contribution in [3.63, 3.8) is 0 Å². The van der Waals surface area contributed by atoms with Gasteiger partial charge in [0.15, 0.2) is 5.82 Å². The Kier molecular flexibility index (Phi) is 5.46. The highest BCUT2D eigenvalue weighted by atomic mass is 16.3. The molecule has 6 aromatic carbocycles. The number of hydrogen-bond acceptors (Lipinski definition) is 3. The number of para-hydroxylation sites is 1. The van der Waals surface area contributed by atoms with E-state index in [4.69, 9.17) is 14.4 Å². The molecule has 8 aromatic rings. The van der Waals surface area contributed by atoms with Crippen LogP contribution in [0.2, 0.25) is 0 Å². The van der Waals surface area contributed by atoms with E-state index in [1.165, 1.54) is 10.8 Å². The van der Waals surface area contributed by atoms with Crippen LogP contribution in [0.5, 0.6) is 0 Å². The van der Waals surface area contributed by atoms with Gasteiger partial charge < -0.3 is 4.42 Å². The van der Waals surface area contributed by atoms with Crippen LogP contribution in [0.1, 0.15) is 0 Å². The average Bonchev–Trinajstić information content (AvgIpc) is 3.44. The average molecular weight is 525 g/mol. The molecule has 0 fully saturated rings. The van der Waals surface area contributed by atoms with Crippen molar-refractivity contribution >= 4 is 32.7 Å². The van der Waals surface area contributed by atoms with E-state index in [1.807, 2.05) is 36.4 Å². The molecule has 0 aliphatic heterocycles. The summed E-state index contributed by atoms with van der Waals surface area (Å²) >= 11 is 0. The van der Waals surface area contributed by atoms with Crippen LogP contribution >= 0.6 is 0 Å². The van der Waals surface area contributed by atoms with E-state index in [1.54, 1.807) is 0 Å². The van der Waals surface area contributed by atoms with Crippen molar-refractivity contribution in [3.8, 4) is 45.0 Å². The SMILES string of the molecule is c1ccc(-c2nc(-c3ccc(-c4cccc5oc6ccccc6c45)cc3)cc(-c3ccc4ccccc4c3)n2)cc1. The van der Waals surface area contributed by atoms with Crippen molar-refractivity contribution in [1.82, 2.24) is 9.97 Å². The maximum atomic E-state index is 6.13. The Morgan fingerprint density at radius 1 is 0.415 bits per heavy atom. The third-order valence-electron chi connectivity index (χ3n) is 7.70. The van der Waals surface area contributed by atoms with E-state index in [2.05, 4.69) is 109 Å². The van der Waals surface area contributed by atoms with Crippen LogP contribution in [0.25, 0.3) is 77.7 Å². The molecule has 0 spiro atoms. The fraction of sp³-hybridized carbons (Fsp3) is 0. The highest BCUT2D eigenvalue weighted by Gasteiger charge is 2.14. The molecule has 0 saturated carbocycles. The summed E-state index contributed by atoms with van der Waals surface area (Å²) in [6, 6.07) is 50.3. The van der Waals surface area contributed by atoms with Crippen LogP contribution < -0.4 is 0 Å². The summed E-state index contributed by atoms with van der Waals surface area (Å²) in [5.41, 5.74) is 8.99. The molecule has 0 saturated heterocycles. The van der Waals surface area contributed by atoms with Crippen LogP contribution in [0.4, 0.5) is 0 Å². The predicted octanol–water partition coefficient (Wildman–Crippen LogP) is 10.2. The van der Waals surface area contributed by atoms with Gasteiger partial charge in [0.05, 0.1) is 11.4 Å². The number of nitrogens with zero attached hydrogens (tertiary/aromatic N) is 2. The van der Waals surface area contributed by atoms with E-state index in [0.717, 1.165) is 61.1 Å². The molecule has 0 radical (unpaired) electrons. The third-order valence-corrected chi connectivity index (χ3v) is 7.70. The first-order valence-corrected chi connectivity index (χ1v) is 13.7. The lowest BCUT2D eigenvalue weighted by Crippen LogP contribution is -1.96. The van der Waals surface area contributed by atoms with Crippen LogP contribution in [0.15, 0.2) is 150 Å². The van der Waals surface area contributed by atoms with Crippen molar-refractivity contribution in [1.29, 1.82) is 0 Å². The lowest BCUT2D eigenvalue weighted by Gasteiger charge is -2.11. The number of rotatable bonds is 4. The molecule has 3 heteroatoms. The van der Waals surface area contributed by atoms with Crippen LogP contribution in [-0.2, 0) is 0 Å². The van der Waals surface area contributed by atoms with Crippen molar-refractivity contribution in [3.05, 3.63) is 146 Å². The lowest BCUT2D eigenvalue weighted by molar-refractivity contribution is 0.669. The zero-order valence-electron chi connectivity index (χ0n) is 22.2. The first-order chi connectivity index (χ1) is 20.3. The molecule has 0 unspecified atom stereocenters. The van der Waals surface area contributed by atoms with Gasteiger partial charge in [-0.15, -0.1) is 0 Å². The molecule has 2 heterocycles. The second kappa shape index (κ2) is 9.58. The number of aromatic nitrogens is 2. The largest absolute Gasteiger partial charge is 0.456 e. The van der Waals surface area contributed by atoms with Gasteiger partial charge in [0.2, 0.25) is 0 Å². The molecule has 0 aliphatic carbocycles. The zero-order valence-corrected chi connectivity index (χ0v) is 22.2.